The van der Waals surface area contributed by atoms with E-state index < -0.39 is 0 Å². The summed E-state index contributed by atoms with van der Waals surface area (Å²) in [6, 6.07) is 11.4. The van der Waals surface area contributed by atoms with Gasteiger partial charge in [-0.15, -0.1) is 11.3 Å². The number of halogens is 1. The topological polar surface area (TPSA) is 65.2 Å². The maximum atomic E-state index is 12.7. The number of H-pyrrole nitrogens is 1. The van der Waals surface area contributed by atoms with Crippen molar-refractivity contribution in [3.63, 3.8) is 0 Å². The van der Waals surface area contributed by atoms with Crippen molar-refractivity contribution in [3.05, 3.63) is 58.1 Å². The van der Waals surface area contributed by atoms with Crippen LogP contribution in [0.15, 0.2) is 41.8 Å². The van der Waals surface area contributed by atoms with Crippen LogP contribution in [0.5, 0.6) is 0 Å². The molecule has 1 aromatic carbocycles. The molecule has 0 spiro atoms. The Balaban J connectivity index is 1.30. The minimum absolute atomic E-state index is 0.00771. The fraction of sp³-hybridized carbons (Fsp3) is 0.300. The molecule has 3 aromatic rings. The van der Waals surface area contributed by atoms with Crippen molar-refractivity contribution in [2.24, 2.45) is 5.92 Å². The van der Waals surface area contributed by atoms with Crippen LogP contribution in [-0.4, -0.2) is 34.8 Å². The van der Waals surface area contributed by atoms with Gasteiger partial charge in [-0.3, -0.25) is 9.59 Å². The molecule has 0 unspecified atom stereocenters. The first-order valence-corrected chi connectivity index (χ1v) is 10.2. The lowest BCUT2D eigenvalue weighted by Crippen LogP contribution is -2.43. The molecule has 1 aliphatic heterocycles. The third-order valence-corrected chi connectivity index (χ3v) is 6.25. The number of rotatable bonds is 4. The Morgan fingerprint density at radius 1 is 1.22 bits per heavy atom. The Hall–Kier alpha value is -2.31. The Morgan fingerprint density at radius 2 is 2.00 bits per heavy atom. The lowest BCUT2D eigenvalue weighted by atomic mass is 9.95. The first-order valence-electron chi connectivity index (χ1n) is 8.98. The summed E-state index contributed by atoms with van der Waals surface area (Å²) in [5.74, 6) is -0.0283. The fourth-order valence-electron chi connectivity index (χ4n) is 3.45. The number of piperidine rings is 1. The molecular weight excluding hydrogens is 382 g/mol. The van der Waals surface area contributed by atoms with Crippen molar-refractivity contribution in [1.82, 2.24) is 15.2 Å². The molecule has 0 bridgehead atoms. The summed E-state index contributed by atoms with van der Waals surface area (Å²) in [5.41, 5.74) is 1.53. The smallest absolute Gasteiger partial charge is 0.270 e. The molecular formula is C20H20ClN3O2S. The van der Waals surface area contributed by atoms with Gasteiger partial charge < -0.3 is 15.2 Å². The molecule has 4 rings (SSSR count). The van der Waals surface area contributed by atoms with Crippen LogP contribution in [0.4, 0.5) is 0 Å². The van der Waals surface area contributed by atoms with E-state index in [4.69, 9.17) is 11.6 Å². The third kappa shape index (κ3) is 3.87. The second-order valence-corrected chi connectivity index (χ2v) is 8.09. The summed E-state index contributed by atoms with van der Waals surface area (Å²) in [6.45, 7) is 1.61. The van der Waals surface area contributed by atoms with Crippen LogP contribution < -0.4 is 5.32 Å². The number of amides is 2. The zero-order chi connectivity index (χ0) is 18.8. The number of aromatic amines is 1. The molecule has 0 aliphatic carbocycles. The second kappa shape index (κ2) is 7.74. The van der Waals surface area contributed by atoms with Crippen molar-refractivity contribution < 1.29 is 9.59 Å². The van der Waals surface area contributed by atoms with Gasteiger partial charge in [0.2, 0.25) is 5.91 Å². The molecule has 2 N–H and O–H groups in total. The lowest BCUT2D eigenvalue weighted by molar-refractivity contribution is -0.126. The number of carbonyl (C=O) groups is 2. The van der Waals surface area contributed by atoms with Crippen molar-refractivity contribution >= 4 is 45.0 Å². The minimum atomic E-state index is -0.0660. The normalized spacial score (nSPS) is 15.2. The molecule has 2 aromatic heterocycles. The summed E-state index contributed by atoms with van der Waals surface area (Å²) >= 11 is 7.72. The number of hydrogen-bond acceptors (Lipinski definition) is 3. The van der Waals surface area contributed by atoms with Gasteiger partial charge in [-0.2, -0.15) is 0 Å². The zero-order valence-corrected chi connectivity index (χ0v) is 16.3. The van der Waals surface area contributed by atoms with E-state index in [0.717, 1.165) is 15.8 Å². The van der Waals surface area contributed by atoms with E-state index in [-0.39, 0.29) is 17.7 Å². The Kier molecular flexibility index (Phi) is 5.18. The van der Waals surface area contributed by atoms with Crippen LogP contribution >= 0.6 is 22.9 Å². The van der Waals surface area contributed by atoms with E-state index in [9.17, 15) is 9.59 Å². The van der Waals surface area contributed by atoms with Gasteiger partial charge in [0.15, 0.2) is 0 Å². The van der Waals surface area contributed by atoms with Gasteiger partial charge in [-0.1, -0.05) is 29.8 Å². The average Bonchev–Trinajstić information content (AvgIpc) is 3.29. The summed E-state index contributed by atoms with van der Waals surface area (Å²) in [7, 11) is 0. The first kappa shape index (κ1) is 18.1. The Bertz CT molecular complexity index is 944. The molecule has 2 amide bonds. The second-order valence-electron chi connectivity index (χ2n) is 6.76. The predicted molar refractivity (Wildman–Crippen MR) is 108 cm³/mol. The maximum absolute atomic E-state index is 12.7. The summed E-state index contributed by atoms with van der Waals surface area (Å²) in [4.78, 5) is 31.2. The third-order valence-electron chi connectivity index (χ3n) is 5.04. The van der Waals surface area contributed by atoms with Gasteiger partial charge in [-0.25, -0.2) is 0 Å². The Morgan fingerprint density at radius 3 is 2.74 bits per heavy atom. The fourth-order valence-corrected chi connectivity index (χ4v) is 4.43. The van der Waals surface area contributed by atoms with Crippen molar-refractivity contribution in [1.29, 1.82) is 0 Å². The molecule has 3 heterocycles. The van der Waals surface area contributed by atoms with E-state index in [1.807, 2.05) is 46.7 Å². The van der Waals surface area contributed by atoms with Gasteiger partial charge in [0.1, 0.15) is 10.5 Å². The minimum Gasteiger partial charge on any atom is -0.352 e. The van der Waals surface area contributed by atoms with E-state index in [1.54, 1.807) is 11.3 Å². The number of carbonyl (C=O) groups excluding carboxylic acids is 2. The molecule has 0 saturated carbocycles. The van der Waals surface area contributed by atoms with Gasteiger partial charge >= 0.3 is 0 Å². The van der Waals surface area contributed by atoms with Crippen LogP contribution in [0, 0.1) is 5.92 Å². The highest BCUT2D eigenvalue weighted by Gasteiger charge is 2.28. The van der Waals surface area contributed by atoms with E-state index in [0.29, 0.717) is 43.2 Å². The predicted octanol–water partition coefficient (Wildman–Crippen LogP) is 4.05. The van der Waals surface area contributed by atoms with Gasteiger partial charge in [0.05, 0.1) is 0 Å². The zero-order valence-electron chi connectivity index (χ0n) is 14.7. The Labute approximate surface area is 166 Å². The van der Waals surface area contributed by atoms with Crippen LogP contribution in [0.2, 0.25) is 5.02 Å². The first-order chi connectivity index (χ1) is 13.1. The SMILES string of the molecule is O=C(NCc1ccccc1Cl)C1CCN(C(=O)c2cc3ccsc3[nH]2)CC1. The van der Waals surface area contributed by atoms with Gasteiger partial charge in [0, 0.05) is 36.0 Å². The number of aromatic nitrogens is 1. The van der Waals surface area contributed by atoms with Crippen LogP contribution in [0.3, 0.4) is 0 Å². The highest BCUT2D eigenvalue weighted by Crippen LogP contribution is 2.24. The lowest BCUT2D eigenvalue weighted by Gasteiger charge is -2.31. The number of likely N-dealkylation sites (tertiary alicyclic amines) is 1. The molecule has 140 valence electrons. The quantitative estimate of drug-likeness (QED) is 0.692. The molecule has 7 heteroatoms. The van der Waals surface area contributed by atoms with Crippen molar-refractivity contribution in [2.75, 3.05) is 13.1 Å². The molecule has 0 radical (unpaired) electrons. The van der Waals surface area contributed by atoms with E-state index in [1.165, 1.54) is 0 Å². The number of hydrogen-bond donors (Lipinski definition) is 2. The van der Waals surface area contributed by atoms with Crippen LogP contribution in [0.1, 0.15) is 28.9 Å². The maximum Gasteiger partial charge on any atom is 0.270 e. The van der Waals surface area contributed by atoms with Gasteiger partial charge in [-0.05, 0) is 42.0 Å². The van der Waals surface area contributed by atoms with Crippen molar-refractivity contribution in [2.45, 2.75) is 19.4 Å². The highest BCUT2D eigenvalue weighted by atomic mass is 35.5. The van der Waals surface area contributed by atoms with Crippen molar-refractivity contribution in [3.8, 4) is 0 Å². The molecule has 1 saturated heterocycles. The number of fused-ring (bicyclic) bond motifs is 1. The number of thiophene rings is 1. The summed E-state index contributed by atoms with van der Waals surface area (Å²) < 4.78 is 0. The molecule has 1 aliphatic rings. The van der Waals surface area contributed by atoms with Gasteiger partial charge in [0.25, 0.3) is 5.91 Å². The van der Waals surface area contributed by atoms with E-state index >= 15 is 0 Å². The number of nitrogens with one attached hydrogen (secondary N) is 2. The molecule has 5 nitrogen and oxygen atoms in total. The largest absolute Gasteiger partial charge is 0.352 e. The van der Waals surface area contributed by atoms with Crippen LogP contribution in [-0.2, 0) is 11.3 Å². The standard InChI is InChI=1S/C20H20ClN3O2S/c21-16-4-2-1-3-15(16)12-22-18(25)13-5-8-24(9-6-13)20(26)17-11-14-7-10-27-19(14)23-17/h1-4,7,10-11,13,23H,5-6,8-9,12H2,(H,22,25). The highest BCUT2D eigenvalue weighted by molar-refractivity contribution is 7.16. The average molecular weight is 402 g/mol. The number of nitrogens with zero attached hydrogens (tertiary/aromatic N) is 1. The summed E-state index contributed by atoms with van der Waals surface area (Å²) in [6.07, 6.45) is 1.35. The van der Waals surface area contributed by atoms with Crippen LogP contribution in [0.25, 0.3) is 10.2 Å². The molecule has 1 fully saturated rings. The number of benzene rings is 1. The monoisotopic (exact) mass is 401 g/mol. The molecule has 27 heavy (non-hydrogen) atoms. The molecule has 0 atom stereocenters. The summed E-state index contributed by atoms with van der Waals surface area (Å²) in [5, 5.41) is 6.69. The van der Waals surface area contributed by atoms with E-state index in [2.05, 4.69) is 10.3 Å².